The monoisotopic (exact) mass is 320 g/mol. The van der Waals surface area contributed by atoms with Crippen molar-refractivity contribution in [1.29, 1.82) is 5.26 Å². The van der Waals surface area contributed by atoms with Crippen LogP contribution >= 0.6 is 0 Å². The fraction of sp³-hybridized carbons (Fsp3) is 0.167. The Bertz CT molecular complexity index is 866. The SMILES string of the molecule is N#CC1NNNC1c1cccc(OCc2cc3ccccc3o2)c1. The Balaban J connectivity index is 1.49. The van der Waals surface area contributed by atoms with Crippen LogP contribution in [0.5, 0.6) is 5.75 Å². The van der Waals surface area contributed by atoms with E-state index in [1.807, 2.05) is 54.6 Å². The van der Waals surface area contributed by atoms with E-state index in [1.165, 1.54) is 0 Å². The molecule has 3 N–H and O–H groups in total. The van der Waals surface area contributed by atoms with E-state index < -0.39 is 0 Å². The van der Waals surface area contributed by atoms with Crippen LogP contribution in [0.1, 0.15) is 17.4 Å². The lowest BCUT2D eigenvalue weighted by atomic mass is 10.0. The molecule has 120 valence electrons. The van der Waals surface area contributed by atoms with Gasteiger partial charge in [0.05, 0.1) is 12.1 Å². The number of para-hydroxylation sites is 1. The molecule has 0 amide bonds. The predicted molar refractivity (Wildman–Crippen MR) is 88.5 cm³/mol. The van der Waals surface area contributed by atoms with E-state index in [9.17, 15) is 0 Å². The summed E-state index contributed by atoms with van der Waals surface area (Å²) in [6.07, 6.45) is 0. The topological polar surface area (TPSA) is 82.2 Å². The summed E-state index contributed by atoms with van der Waals surface area (Å²) in [5.74, 6) is 1.51. The van der Waals surface area contributed by atoms with Crippen molar-refractivity contribution in [3.05, 3.63) is 65.9 Å². The van der Waals surface area contributed by atoms with Crippen LogP contribution in [0, 0.1) is 11.3 Å². The zero-order valence-corrected chi connectivity index (χ0v) is 12.8. The number of hydrogen-bond donors (Lipinski definition) is 3. The van der Waals surface area contributed by atoms with Gasteiger partial charge in [-0.1, -0.05) is 30.3 Å². The van der Waals surface area contributed by atoms with Gasteiger partial charge in [-0.3, -0.25) is 0 Å². The normalized spacial score (nSPS) is 20.1. The summed E-state index contributed by atoms with van der Waals surface area (Å²) in [5, 5.41) is 10.2. The van der Waals surface area contributed by atoms with E-state index in [2.05, 4.69) is 22.5 Å². The summed E-state index contributed by atoms with van der Waals surface area (Å²) in [4.78, 5) is 0. The first-order chi connectivity index (χ1) is 11.8. The molecule has 1 aliphatic rings. The van der Waals surface area contributed by atoms with Crippen LogP contribution in [0.25, 0.3) is 11.0 Å². The van der Waals surface area contributed by atoms with E-state index in [0.29, 0.717) is 6.61 Å². The van der Waals surface area contributed by atoms with Gasteiger partial charge >= 0.3 is 0 Å². The third-order valence-electron chi connectivity index (χ3n) is 4.00. The molecule has 1 aliphatic heterocycles. The molecule has 2 atom stereocenters. The number of fused-ring (bicyclic) bond motifs is 1. The fourth-order valence-electron chi connectivity index (χ4n) is 2.81. The largest absolute Gasteiger partial charge is 0.486 e. The molecule has 1 aromatic heterocycles. The van der Waals surface area contributed by atoms with Crippen LogP contribution < -0.4 is 21.1 Å². The number of benzene rings is 2. The van der Waals surface area contributed by atoms with Crippen molar-refractivity contribution in [1.82, 2.24) is 16.4 Å². The van der Waals surface area contributed by atoms with Gasteiger partial charge < -0.3 is 9.15 Å². The molecular weight excluding hydrogens is 304 g/mol. The third kappa shape index (κ3) is 2.84. The van der Waals surface area contributed by atoms with Crippen molar-refractivity contribution in [2.45, 2.75) is 18.7 Å². The smallest absolute Gasteiger partial charge is 0.146 e. The van der Waals surface area contributed by atoms with E-state index in [4.69, 9.17) is 14.4 Å². The third-order valence-corrected chi connectivity index (χ3v) is 4.00. The molecule has 2 heterocycles. The quantitative estimate of drug-likeness (QED) is 0.685. The fourth-order valence-corrected chi connectivity index (χ4v) is 2.81. The summed E-state index contributed by atoms with van der Waals surface area (Å²) >= 11 is 0. The molecule has 0 spiro atoms. The summed E-state index contributed by atoms with van der Waals surface area (Å²) < 4.78 is 11.6. The van der Waals surface area contributed by atoms with Crippen LogP contribution in [-0.2, 0) is 6.61 Å². The Kier molecular flexibility index (Phi) is 3.89. The van der Waals surface area contributed by atoms with Crippen LogP contribution in [0.15, 0.2) is 59.0 Å². The van der Waals surface area contributed by atoms with Crippen LogP contribution in [0.4, 0.5) is 0 Å². The maximum Gasteiger partial charge on any atom is 0.146 e. The van der Waals surface area contributed by atoms with E-state index in [1.54, 1.807) is 0 Å². The molecule has 2 aromatic carbocycles. The minimum atomic E-state index is -0.337. The summed E-state index contributed by atoms with van der Waals surface area (Å²) in [5.41, 5.74) is 10.5. The van der Waals surface area contributed by atoms with Crippen molar-refractivity contribution < 1.29 is 9.15 Å². The van der Waals surface area contributed by atoms with Gasteiger partial charge in [-0.05, 0) is 29.8 Å². The number of rotatable bonds is 4. The van der Waals surface area contributed by atoms with Gasteiger partial charge in [-0.25, -0.2) is 10.9 Å². The molecule has 0 bridgehead atoms. The van der Waals surface area contributed by atoms with Gasteiger partial charge in [0.2, 0.25) is 0 Å². The number of furan rings is 1. The lowest BCUT2D eigenvalue weighted by Gasteiger charge is -2.13. The highest BCUT2D eigenvalue weighted by Crippen LogP contribution is 2.24. The van der Waals surface area contributed by atoms with Gasteiger partial charge in [0.15, 0.2) is 0 Å². The highest BCUT2D eigenvalue weighted by molar-refractivity contribution is 5.77. The number of nitrogens with zero attached hydrogens (tertiary/aromatic N) is 1. The molecule has 1 saturated heterocycles. The molecule has 6 heteroatoms. The second kappa shape index (κ2) is 6.34. The van der Waals surface area contributed by atoms with Gasteiger partial charge in [0.1, 0.15) is 29.7 Å². The van der Waals surface area contributed by atoms with Crippen molar-refractivity contribution in [3.63, 3.8) is 0 Å². The van der Waals surface area contributed by atoms with Gasteiger partial charge in [0.25, 0.3) is 0 Å². The van der Waals surface area contributed by atoms with Gasteiger partial charge in [0, 0.05) is 5.39 Å². The second-order valence-electron chi connectivity index (χ2n) is 5.61. The van der Waals surface area contributed by atoms with Gasteiger partial charge in [-0.15, -0.1) is 0 Å². The van der Waals surface area contributed by atoms with E-state index in [-0.39, 0.29) is 12.1 Å². The Morgan fingerprint density at radius 3 is 2.88 bits per heavy atom. The molecule has 3 aromatic rings. The number of hydrazine groups is 2. The first-order valence-electron chi connectivity index (χ1n) is 7.69. The molecule has 0 radical (unpaired) electrons. The lowest BCUT2D eigenvalue weighted by molar-refractivity contribution is 0.274. The summed E-state index contributed by atoms with van der Waals surface area (Å²) in [7, 11) is 0. The standard InChI is InChI=1S/C18H16N4O2/c19-10-16-18(21-22-20-16)13-5-3-6-14(9-13)23-11-15-8-12-4-1-2-7-17(12)24-15/h1-9,16,18,20-22H,11H2. The van der Waals surface area contributed by atoms with E-state index >= 15 is 0 Å². The number of nitriles is 1. The summed E-state index contributed by atoms with van der Waals surface area (Å²) in [6, 6.07) is 19.3. The van der Waals surface area contributed by atoms with E-state index in [0.717, 1.165) is 28.0 Å². The van der Waals surface area contributed by atoms with Crippen LogP contribution in [0.3, 0.4) is 0 Å². The average molecular weight is 320 g/mol. The first-order valence-corrected chi connectivity index (χ1v) is 7.69. The number of nitrogens with one attached hydrogen (secondary N) is 3. The molecule has 2 unspecified atom stereocenters. The highest BCUT2D eigenvalue weighted by atomic mass is 16.5. The van der Waals surface area contributed by atoms with Crippen molar-refractivity contribution >= 4 is 11.0 Å². The Morgan fingerprint density at radius 2 is 2.00 bits per heavy atom. The molecular formula is C18H16N4O2. The Labute approximate surface area is 139 Å². The second-order valence-corrected chi connectivity index (χ2v) is 5.61. The lowest BCUT2D eigenvalue weighted by Crippen LogP contribution is -2.32. The maximum absolute atomic E-state index is 9.15. The minimum absolute atomic E-state index is 0.134. The first kappa shape index (κ1) is 14.7. The number of hydrogen-bond acceptors (Lipinski definition) is 6. The van der Waals surface area contributed by atoms with Gasteiger partial charge in [-0.2, -0.15) is 10.8 Å². The molecule has 6 nitrogen and oxygen atoms in total. The van der Waals surface area contributed by atoms with Crippen LogP contribution in [-0.4, -0.2) is 6.04 Å². The van der Waals surface area contributed by atoms with Crippen molar-refractivity contribution in [2.24, 2.45) is 0 Å². The maximum atomic E-state index is 9.15. The molecule has 0 saturated carbocycles. The molecule has 24 heavy (non-hydrogen) atoms. The molecule has 1 fully saturated rings. The van der Waals surface area contributed by atoms with Crippen LogP contribution in [0.2, 0.25) is 0 Å². The number of ether oxygens (including phenoxy) is 1. The Morgan fingerprint density at radius 1 is 1.08 bits per heavy atom. The molecule has 4 rings (SSSR count). The zero-order chi connectivity index (χ0) is 16.4. The summed E-state index contributed by atoms with van der Waals surface area (Å²) in [6.45, 7) is 0.356. The van der Waals surface area contributed by atoms with Crippen molar-refractivity contribution in [3.8, 4) is 11.8 Å². The predicted octanol–water partition coefficient (Wildman–Crippen LogP) is 2.56. The minimum Gasteiger partial charge on any atom is -0.486 e. The zero-order valence-electron chi connectivity index (χ0n) is 12.8. The average Bonchev–Trinajstić information content (AvgIpc) is 3.26. The molecule has 0 aliphatic carbocycles. The Hall–Kier alpha value is -2.85. The highest BCUT2D eigenvalue weighted by Gasteiger charge is 2.27. The van der Waals surface area contributed by atoms with Crippen molar-refractivity contribution in [2.75, 3.05) is 0 Å².